The van der Waals surface area contributed by atoms with Crippen LogP contribution in [0.5, 0.6) is 5.75 Å². The zero-order chi connectivity index (χ0) is 27.2. The van der Waals surface area contributed by atoms with E-state index in [0.29, 0.717) is 12.2 Å². The molecule has 1 unspecified atom stereocenters. The Kier molecular flexibility index (Phi) is 9.63. The lowest BCUT2D eigenvalue weighted by Crippen LogP contribution is -2.29. The van der Waals surface area contributed by atoms with E-state index >= 15 is 0 Å². The van der Waals surface area contributed by atoms with Gasteiger partial charge in [0.25, 0.3) is 0 Å². The maximum Gasteiger partial charge on any atom is 0.314 e. The van der Waals surface area contributed by atoms with Crippen LogP contribution in [0.15, 0.2) is 48.2 Å². The first-order valence-corrected chi connectivity index (χ1v) is 14.0. The van der Waals surface area contributed by atoms with Crippen molar-refractivity contribution in [3.63, 3.8) is 0 Å². The topological polar surface area (TPSA) is 55.8 Å². The molecule has 37 heavy (non-hydrogen) atoms. The number of carbonyl (C=O) groups is 1. The van der Waals surface area contributed by atoms with Crippen molar-refractivity contribution < 1.29 is 19.4 Å². The summed E-state index contributed by atoms with van der Waals surface area (Å²) in [6.07, 6.45) is 7.61. The summed E-state index contributed by atoms with van der Waals surface area (Å²) >= 11 is 0. The molecule has 1 N–H and O–H groups in total. The van der Waals surface area contributed by atoms with Crippen molar-refractivity contribution in [1.82, 2.24) is 0 Å². The summed E-state index contributed by atoms with van der Waals surface area (Å²) in [4.78, 5) is 11.3. The fraction of sp³-hybridized carbons (Fsp3) is 0.545. The number of aliphatic hydroxyl groups excluding tert-OH is 1. The second kappa shape index (κ2) is 12.3. The summed E-state index contributed by atoms with van der Waals surface area (Å²) in [6, 6.07) is 13.4. The highest BCUT2D eigenvalue weighted by Gasteiger charge is 2.32. The highest BCUT2D eigenvalue weighted by atomic mass is 16.6. The van der Waals surface area contributed by atoms with E-state index in [2.05, 4.69) is 78.8 Å². The molecule has 1 aliphatic heterocycles. The Morgan fingerprint density at radius 3 is 2.19 bits per heavy atom. The fourth-order valence-electron chi connectivity index (χ4n) is 5.77. The van der Waals surface area contributed by atoms with E-state index in [0.717, 1.165) is 49.8 Å². The number of carbonyl (C=O) groups excluding carboxylic acids is 1. The quantitative estimate of drug-likeness (QED) is 0.282. The first-order valence-electron chi connectivity index (χ1n) is 14.0. The molecule has 0 bridgehead atoms. The van der Waals surface area contributed by atoms with Crippen molar-refractivity contribution in [1.29, 1.82) is 0 Å². The van der Waals surface area contributed by atoms with Gasteiger partial charge in [-0.1, -0.05) is 71.4 Å². The maximum atomic E-state index is 11.3. The molecule has 0 amide bonds. The van der Waals surface area contributed by atoms with Crippen LogP contribution in [0.25, 0.3) is 0 Å². The smallest absolute Gasteiger partial charge is 0.314 e. The van der Waals surface area contributed by atoms with Crippen molar-refractivity contribution in [2.24, 2.45) is 5.41 Å². The van der Waals surface area contributed by atoms with E-state index in [1.165, 1.54) is 22.3 Å². The molecule has 4 heteroatoms. The molecule has 1 aliphatic rings. The number of aryl methyl sites for hydroxylation is 3. The molecule has 2 aromatic rings. The third-order valence-corrected chi connectivity index (χ3v) is 8.42. The molecular weight excluding hydrogens is 460 g/mol. The van der Waals surface area contributed by atoms with Crippen molar-refractivity contribution in [3.05, 3.63) is 76.1 Å². The third-order valence-electron chi connectivity index (χ3n) is 8.42. The van der Waals surface area contributed by atoms with Crippen molar-refractivity contribution in [2.75, 3.05) is 6.61 Å². The summed E-state index contributed by atoms with van der Waals surface area (Å²) in [5.41, 5.74) is 6.18. The zero-order valence-electron chi connectivity index (χ0n) is 23.9. The van der Waals surface area contributed by atoms with Crippen LogP contribution in [0.4, 0.5) is 0 Å². The van der Waals surface area contributed by atoms with Crippen molar-refractivity contribution >= 4 is 5.97 Å². The number of ether oxygens (including phenoxy) is 2. The fourth-order valence-corrected chi connectivity index (χ4v) is 5.77. The number of hydrogen-bond donors (Lipinski definition) is 1. The monoisotopic (exact) mass is 506 g/mol. The molecule has 0 fully saturated rings. The number of cyclic esters (lactones) is 1. The molecule has 0 aromatic heterocycles. The van der Waals surface area contributed by atoms with E-state index in [1.807, 2.05) is 6.07 Å². The maximum absolute atomic E-state index is 11.3. The minimum absolute atomic E-state index is 0.0472. The molecular formula is C33H46O4. The Morgan fingerprint density at radius 1 is 1.00 bits per heavy atom. The van der Waals surface area contributed by atoms with Crippen LogP contribution in [-0.2, 0) is 21.4 Å². The van der Waals surface area contributed by atoms with Gasteiger partial charge >= 0.3 is 5.97 Å². The Labute approximate surface area is 224 Å². The summed E-state index contributed by atoms with van der Waals surface area (Å²) < 4.78 is 11.1. The molecule has 0 spiro atoms. The van der Waals surface area contributed by atoms with E-state index in [9.17, 15) is 9.90 Å². The van der Waals surface area contributed by atoms with Crippen LogP contribution >= 0.6 is 0 Å². The van der Waals surface area contributed by atoms with Gasteiger partial charge in [0.1, 0.15) is 18.1 Å². The number of hydrogen-bond acceptors (Lipinski definition) is 4. The first-order chi connectivity index (χ1) is 17.6. The Hall–Kier alpha value is -2.59. The Bertz CT molecular complexity index is 1110. The van der Waals surface area contributed by atoms with E-state index in [4.69, 9.17) is 9.47 Å². The lowest BCUT2D eigenvalue weighted by atomic mass is 9.69. The SMILES string of the molecule is CCCC(C)(C)C(O)CCc1ccc(C(CC)(CC)c2ccc(OCC3=CCC(=O)O3)c(C)c2)cc1C. The highest BCUT2D eigenvalue weighted by molar-refractivity contribution is 5.75. The predicted molar refractivity (Wildman–Crippen MR) is 151 cm³/mol. The molecule has 0 aliphatic carbocycles. The van der Waals surface area contributed by atoms with Gasteiger partial charge in [-0.3, -0.25) is 4.79 Å². The molecule has 1 heterocycles. The van der Waals surface area contributed by atoms with Gasteiger partial charge in [0, 0.05) is 5.41 Å². The van der Waals surface area contributed by atoms with Gasteiger partial charge in [0.15, 0.2) is 0 Å². The molecule has 0 radical (unpaired) electrons. The van der Waals surface area contributed by atoms with Crippen molar-refractivity contribution in [3.8, 4) is 5.75 Å². The largest absolute Gasteiger partial charge is 0.485 e. The Morgan fingerprint density at radius 2 is 1.65 bits per heavy atom. The van der Waals surface area contributed by atoms with Gasteiger partial charge in [-0.25, -0.2) is 0 Å². The summed E-state index contributed by atoms with van der Waals surface area (Å²) in [6.45, 7) is 15.6. The predicted octanol–water partition coefficient (Wildman–Crippen LogP) is 7.74. The lowest BCUT2D eigenvalue weighted by Gasteiger charge is -2.34. The number of esters is 1. The lowest BCUT2D eigenvalue weighted by molar-refractivity contribution is -0.136. The normalized spacial score (nSPS) is 14.9. The van der Waals surface area contributed by atoms with Gasteiger partial charge in [-0.05, 0) is 91.3 Å². The van der Waals surface area contributed by atoms with Crippen LogP contribution in [0.2, 0.25) is 0 Å². The minimum atomic E-state index is -0.294. The molecule has 2 aromatic carbocycles. The second-order valence-electron chi connectivity index (χ2n) is 11.3. The van der Waals surface area contributed by atoms with Gasteiger partial charge in [0.05, 0.1) is 12.5 Å². The second-order valence-corrected chi connectivity index (χ2v) is 11.3. The van der Waals surface area contributed by atoms with E-state index in [1.54, 1.807) is 6.08 Å². The van der Waals surface area contributed by atoms with Crippen LogP contribution < -0.4 is 4.74 Å². The highest BCUT2D eigenvalue weighted by Crippen LogP contribution is 2.41. The van der Waals surface area contributed by atoms with Crippen LogP contribution in [-0.4, -0.2) is 23.8 Å². The van der Waals surface area contributed by atoms with Gasteiger partial charge in [-0.2, -0.15) is 0 Å². The average molecular weight is 507 g/mol. The minimum Gasteiger partial charge on any atom is -0.485 e. The van der Waals surface area contributed by atoms with Crippen LogP contribution in [0.1, 0.15) is 101 Å². The summed E-state index contributed by atoms with van der Waals surface area (Å²) in [7, 11) is 0. The van der Waals surface area contributed by atoms with E-state index in [-0.39, 0.29) is 29.5 Å². The third kappa shape index (κ3) is 6.65. The van der Waals surface area contributed by atoms with Crippen LogP contribution in [0, 0.1) is 19.3 Å². The standard InChI is InChI=1S/C33H46O4/c1-8-19-32(6,7)30(34)17-12-25-11-13-26(20-23(25)4)33(9-2,10-3)27-14-16-29(24(5)21-27)36-22-28-15-18-31(35)37-28/h11,13-16,20-21,30,34H,8-10,12,17-19,22H2,1-7H3. The molecule has 0 saturated heterocycles. The number of benzene rings is 2. The summed E-state index contributed by atoms with van der Waals surface area (Å²) in [5.74, 6) is 1.17. The van der Waals surface area contributed by atoms with Crippen LogP contribution in [0.3, 0.4) is 0 Å². The molecule has 3 rings (SSSR count). The van der Waals surface area contributed by atoms with Gasteiger partial charge in [-0.15, -0.1) is 0 Å². The molecule has 202 valence electrons. The number of aliphatic hydroxyl groups is 1. The zero-order valence-corrected chi connectivity index (χ0v) is 23.9. The van der Waals surface area contributed by atoms with Crippen molar-refractivity contribution in [2.45, 2.75) is 105 Å². The molecule has 0 saturated carbocycles. The van der Waals surface area contributed by atoms with Gasteiger partial charge < -0.3 is 14.6 Å². The average Bonchev–Trinajstić information content (AvgIpc) is 3.28. The Balaban J connectivity index is 1.78. The first kappa shape index (κ1) is 29.0. The summed E-state index contributed by atoms with van der Waals surface area (Å²) in [5, 5.41) is 10.8. The van der Waals surface area contributed by atoms with Gasteiger partial charge in [0.2, 0.25) is 0 Å². The molecule has 4 nitrogen and oxygen atoms in total. The number of rotatable bonds is 13. The molecule has 1 atom stereocenters. The van der Waals surface area contributed by atoms with E-state index < -0.39 is 0 Å².